The number of nitrogens with two attached hydrogens (primary N) is 1. The summed E-state index contributed by atoms with van der Waals surface area (Å²) in [6, 6.07) is 2.79. The van der Waals surface area contributed by atoms with E-state index in [1.165, 1.54) is 25.7 Å². The van der Waals surface area contributed by atoms with Crippen LogP contribution in [0.4, 0.5) is 0 Å². The Labute approximate surface area is 127 Å². The van der Waals surface area contributed by atoms with Crippen molar-refractivity contribution in [3.05, 3.63) is 18.0 Å². The lowest BCUT2D eigenvalue weighted by Gasteiger charge is -2.42. The van der Waals surface area contributed by atoms with Gasteiger partial charge in [0.15, 0.2) is 0 Å². The summed E-state index contributed by atoms with van der Waals surface area (Å²) in [5.74, 6) is 0. The monoisotopic (exact) mass is 292 g/mol. The van der Waals surface area contributed by atoms with Gasteiger partial charge in [-0.1, -0.05) is 12.8 Å². The quantitative estimate of drug-likeness (QED) is 0.921. The molecule has 1 atom stereocenters. The smallest absolute Gasteiger partial charge is 0.0831 e. The molecule has 1 saturated heterocycles. The SMILES string of the molecule is CC1(C)CN(Cc2ccn(C3CCCC3)n2)CC(CN)O1. The Morgan fingerprint density at radius 1 is 1.38 bits per heavy atom. The summed E-state index contributed by atoms with van der Waals surface area (Å²) >= 11 is 0. The Hall–Kier alpha value is -0.910. The predicted molar refractivity (Wildman–Crippen MR) is 83.0 cm³/mol. The molecule has 0 amide bonds. The average molecular weight is 292 g/mol. The maximum Gasteiger partial charge on any atom is 0.0831 e. The topological polar surface area (TPSA) is 56.3 Å². The molecule has 0 aromatic carbocycles. The number of hydrogen-bond donors (Lipinski definition) is 1. The fourth-order valence-corrected chi connectivity index (χ4v) is 3.72. The van der Waals surface area contributed by atoms with E-state index in [2.05, 4.69) is 35.7 Å². The molecule has 1 aliphatic heterocycles. The first kappa shape index (κ1) is 15.0. The van der Waals surface area contributed by atoms with Crippen LogP contribution in [0.15, 0.2) is 12.3 Å². The first-order chi connectivity index (χ1) is 10.1. The van der Waals surface area contributed by atoms with E-state index in [0.717, 1.165) is 25.3 Å². The van der Waals surface area contributed by atoms with Crippen molar-refractivity contribution in [1.29, 1.82) is 0 Å². The van der Waals surface area contributed by atoms with Crippen LogP contribution in [-0.2, 0) is 11.3 Å². The van der Waals surface area contributed by atoms with Crippen molar-refractivity contribution in [3.63, 3.8) is 0 Å². The van der Waals surface area contributed by atoms with Gasteiger partial charge in [-0.15, -0.1) is 0 Å². The minimum atomic E-state index is -0.129. The highest BCUT2D eigenvalue weighted by Gasteiger charge is 2.33. The molecule has 0 bridgehead atoms. The number of hydrogen-bond acceptors (Lipinski definition) is 4. The van der Waals surface area contributed by atoms with Crippen LogP contribution in [0, 0.1) is 0 Å². The van der Waals surface area contributed by atoms with Gasteiger partial charge in [-0.3, -0.25) is 9.58 Å². The van der Waals surface area contributed by atoms with Crippen LogP contribution < -0.4 is 5.73 Å². The first-order valence-electron chi connectivity index (χ1n) is 8.20. The molecule has 2 N–H and O–H groups in total. The number of aromatic nitrogens is 2. The summed E-state index contributed by atoms with van der Waals surface area (Å²) in [6.07, 6.45) is 7.52. The van der Waals surface area contributed by atoms with E-state index in [1.807, 2.05) is 0 Å². The third-order valence-electron chi connectivity index (χ3n) is 4.56. The lowest BCUT2D eigenvalue weighted by atomic mass is 10.0. The molecule has 2 fully saturated rings. The molecular formula is C16H28N4O. The molecular weight excluding hydrogens is 264 g/mol. The molecule has 0 radical (unpaired) electrons. The first-order valence-corrected chi connectivity index (χ1v) is 8.20. The van der Waals surface area contributed by atoms with Crippen LogP contribution in [0.1, 0.15) is 51.3 Å². The molecule has 21 heavy (non-hydrogen) atoms. The third-order valence-corrected chi connectivity index (χ3v) is 4.56. The number of ether oxygens (including phenoxy) is 1. The Balaban J connectivity index is 1.62. The minimum absolute atomic E-state index is 0.129. The molecule has 5 heteroatoms. The normalized spacial score (nSPS) is 27.3. The summed E-state index contributed by atoms with van der Waals surface area (Å²) in [5, 5.41) is 4.79. The van der Waals surface area contributed by atoms with E-state index in [-0.39, 0.29) is 11.7 Å². The van der Waals surface area contributed by atoms with Crippen LogP contribution in [0.5, 0.6) is 0 Å². The molecule has 2 aliphatic rings. The van der Waals surface area contributed by atoms with E-state index in [0.29, 0.717) is 12.6 Å². The second-order valence-electron chi connectivity index (χ2n) is 7.13. The fourth-order valence-electron chi connectivity index (χ4n) is 3.72. The maximum absolute atomic E-state index is 5.99. The van der Waals surface area contributed by atoms with Crippen molar-refractivity contribution in [3.8, 4) is 0 Å². The van der Waals surface area contributed by atoms with Gasteiger partial charge in [0, 0.05) is 32.4 Å². The van der Waals surface area contributed by atoms with Gasteiger partial charge in [0.25, 0.3) is 0 Å². The molecule has 3 rings (SSSR count). The zero-order valence-electron chi connectivity index (χ0n) is 13.3. The van der Waals surface area contributed by atoms with Gasteiger partial charge in [-0.25, -0.2) is 0 Å². The largest absolute Gasteiger partial charge is 0.368 e. The van der Waals surface area contributed by atoms with Gasteiger partial charge < -0.3 is 10.5 Å². The zero-order chi connectivity index (χ0) is 14.9. The highest BCUT2D eigenvalue weighted by Crippen LogP contribution is 2.29. The standard InChI is InChI=1S/C16H28N4O/c1-16(2)12-19(11-15(9-17)21-16)10-13-7-8-20(18-13)14-5-3-4-6-14/h7-8,14-15H,3-6,9-12,17H2,1-2H3. The molecule has 2 heterocycles. The number of rotatable bonds is 4. The van der Waals surface area contributed by atoms with Crippen LogP contribution in [0.3, 0.4) is 0 Å². The zero-order valence-corrected chi connectivity index (χ0v) is 13.3. The van der Waals surface area contributed by atoms with Gasteiger partial charge in [0.2, 0.25) is 0 Å². The lowest BCUT2D eigenvalue weighted by Crippen LogP contribution is -2.54. The van der Waals surface area contributed by atoms with Crippen LogP contribution >= 0.6 is 0 Å². The number of morpholine rings is 1. The summed E-state index contributed by atoms with van der Waals surface area (Å²) in [5.41, 5.74) is 6.83. The van der Waals surface area contributed by atoms with Gasteiger partial charge in [0.1, 0.15) is 0 Å². The van der Waals surface area contributed by atoms with Crippen molar-refractivity contribution in [2.45, 2.75) is 63.8 Å². The summed E-state index contributed by atoms with van der Waals surface area (Å²) in [6.45, 7) is 7.58. The van der Waals surface area contributed by atoms with Crippen molar-refractivity contribution in [2.24, 2.45) is 5.73 Å². The molecule has 118 valence electrons. The van der Waals surface area contributed by atoms with E-state index in [9.17, 15) is 0 Å². The second kappa shape index (κ2) is 6.07. The molecule has 1 aromatic rings. The van der Waals surface area contributed by atoms with Crippen molar-refractivity contribution in [1.82, 2.24) is 14.7 Å². The van der Waals surface area contributed by atoms with E-state index < -0.39 is 0 Å². The third kappa shape index (κ3) is 3.65. The highest BCUT2D eigenvalue weighted by atomic mass is 16.5. The van der Waals surface area contributed by atoms with Crippen molar-refractivity contribution < 1.29 is 4.74 Å². The van der Waals surface area contributed by atoms with Crippen molar-refractivity contribution >= 4 is 0 Å². The molecule has 1 unspecified atom stereocenters. The molecule has 0 spiro atoms. The Kier molecular flexibility index (Phi) is 4.33. The van der Waals surface area contributed by atoms with E-state index in [1.54, 1.807) is 0 Å². The second-order valence-corrected chi connectivity index (χ2v) is 7.13. The van der Waals surface area contributed by atoms with Gasteiger partial charge >= 0.3 is 0 Å². The fraction of sp³-hybridized carbons (Fsp3) is 0.812. The van der Waals surface area contributed by atoms with Gasteiger partial charge in [-0.2, -0.15) is 5.10 Å². The Bertz CT molecular complexity index is 465. The van der Waals surface area contributed by atoms with Crippen LogP contribution in [0.25, 0.3) is 0 Å². The molecule has 5 nitrogen and oxygen atoms in total. The molecule has 1 aromatic heterocycles. The lowest BCUT2D eigenvalue weighted by molar-refractivity contribution is -0.134. The van der Waals surface area contributed by atoms with Crippen LogP contribution in [-0.4, -0.2) is 46.0 Å². The average Bonchev–Trinajstić information content (AvgIpc) is 3.06. The minimum Gasteiger partial charge on any atom is -0.368 e. The highest BCUT2D eigenvalue weighted by molar-refractivity contribution is 5.01. The van der Waals surface area contributed by atoms with Crippen molar-refractivity contribution in [2.75, 3.05) is 19.6 Å². The van der Waals surface area contributed by atoms with Gasteiger partial charge in [-0.05, 0) is 32.8 Å². The van der Waals surface area contributed by atoms with Gasteiger partial charge in [0.05, 0.1) is 23.4 Å². The maximum atomic E-state index is 5.99. The van der Waals surface area contributed by atoms with E-state index >= 15 is 0 Å². The summed E-state index contributed by atoms with van der Waals surface area (Å²) in [7, 11) is 0. The Morgan fingerprint density at radius 2 is 2.14 bits per heavy atom. The van der Waals surface area contributed by atoms with Crippen LogP contribution in [0.2, 0.25) is 0 Å². The molecule has 1 saturated carbocycles. The Morgan fingerprint density at radius 3 is 2.86 bits per heavy atom. The predicted octanol–water partition coefficient (Wildman–Crippen LogP) is 1.94. The van der Waals surface area contributed by atoms with E-state index in [4.69, 9.17) is 15.6 Å². The summed E-state index contributed by atoms with van der Waals surface area (Å²) < 4.78 is 8.16. The summed E-state index contributed by atoms with van der Waals surface area (Å²) in [4.78, 5) is 2.42. The molecule has 1 aliphatic carbocycles. The number of nitrogens with zero attached hydrogens (tertiary/aromatic N) is 3.